The Hall–Kier alpha value is -2.53. The van der Waals surface area contributed by atoms with Crippen LogP contribution in [0.3, 0.4) is 0 Å². The molecule has 0 spiro atoms. The molecule has 0 saturated carbocycles. The second-order valence-electron chi connectivity index (χ2n) is 7.82. The molecule has 2 aromatic carbocycles. The second kappa shape index (κ2) is 10.3. The Kier molecular flexibility index (Phi) is 7.53. The Balaban J connectivity index is 1.63. The molecule has 1 aliphatic rings. The van der Waals surface area contributed by atoms with Gasteiger partial charge in [-0.15, -0.1) is 0 Å². The molecule has 1 heterocycles. The van der Waals surface area contributed by atoms with Crippen LogP contribution in [0.15, 0.2) is 48.5 Å². The molecule has 1 N–H and O–H groups in total. The molecule has 3 rings (SSSR count). The molecule has 1 atom stereocenters. The minimum atomic E-state index is 0.0172. The molecule has 0 radical (unpaired) electrons. The first-order valence-corrected chi connectivity index (χ1v) is 10.4. The monoisotopic (exact) mass is 396 g/mol. The van der Waals surface area contributed by atoms with Gasteiger partial charge in [-0.05, 0) is 55.1 Å². The third-order valence-corrected chi connectivity index (χ3v) is 5.75. The van der Waals surface area contributed by atoms with Crippen LogP contribution in [0.4, 0.5) is 0 Å². The van der Waals surface area contributed by atoms with Gasteiger partial charge in [-0.3, -0.25) is 9.69 Å². The quantitative estimate of drug-likeness (QED) is 0.737. The van der Waals surface area contributed by atoms with Crippen molar-refractivity contribution in [2.45, 2.75) is 32.2 Å². The van der Waals surface area contributed by atoms with Crippen molar-refractivity contribution in [2.75, 3.05) is 33.9 Å². The Morgan fingerprint density at radius 1 is 1.07 bits per heavy atom. The Bertz CT molecular complexity index is 786. The van der Waals surface area contributed by atoms with E-state index in [1.807, 2.05) is 24.3 Å². The Morgan fingerprint density at radius 2 is 1.76 bits per heavy atom. The average molecular weight is 397 g/mol. The van der Waals surface area contributed by atoms with Gasteiger partial charge in [0, 0.05) is 6.54 Å². The van der Waals surface area contributed by atoms with E-state index in [2.05, 4.69) is 41.4 Å². The molecule has 156 valence electrons. The molecule has 1 unspecified atom stereocenters. The van der Waals surface area contributed by atoms with Crippen LogP contribution in [-0.2, 0) is 11.2 Å². The van der Waals surface area contributed by atoms with Crippen molar-refractivity contribution in [2.24, 2.45) is 5.92 Å². The van der Waals surface area contributed by atoms with Crippen molar-refractivity contribution in [1.82, 2.24) is 10.2 Å². The highest BCUT2D eigenvalue weighted by Gasteiger charge is 2.25. The topological polar surface area (TPSA) is 50.8 Å². The van der Waals surface area contributed by atoms with Crippen LogP contribution in [0.2, 0.25) is 0 Å². The highest BCUT2D eigenvalue weighted by Crippen LogP contribution is 2.28. The third-order valence-electron chi connectivity index (χ3n) is 5.75. The van der Waals surface area contributed by atoms with E-state index in [9.17, 15) is 4.79 Å². The van der Waals surface area contributed by atoms with E-state index in [4.69, 9.17) is 9.47 Å². The number of hydrogen-bond donors (Lipinski definition) is 1. The largest absolute Gasteiger partial charge is 0.493 e. The van der Waals surface area contributed by atoms with Crippen molar-refractivity contribution in [3.63, 3.8) is 0 Å². The molecule has 0 bridgehead atoms. The molecule has 1 saturated heterocycles. The molecule has 1 aliphatic heterocycles. The lowest BCUT2D eigenvalue weighted by atomic mass is 9.95. The summed E-state index contributed by atoms with van der Waals surface area (Å²) in [4.78, 5) is 15.1. The van der Waals surface area contributed by atoms with Crippen molar-refractivity contribution in [3.05, 3.63) is 59.7 Å². The number of benzene rings is 2. The van der Waals surface area contributed by atoms with Crippen LogP contribution >= 0.6 is 0 Å². The number of methoxy groups -OCH3 is 2. The summed E-state index contributed by atoms with van der Waals surface area (Å²) in [7, 11) is 3.21. The van der Waals surface area contributed by atoms with Gasteiger partial charge in [0.1, 0.15) is 0 Å². The lowest BCUT2D eigenvalue weighted by molar-refractivity contribution is -0.120. The smallest absolute Gasteiger partial charge is 0.224 e. The minimum Gasteiger partial charge on any atom is -0.493 e. The summed E-state index contributed by atoms with van der Waals surface area (Å²) < 4.78 is 10.6. The predicted octanol–water partition coefficient (Wildman–Crippen LogP) is 3.84. The molecule has 1 amide bonds. The van der Waals surface area contributed by atoms with Gasteiger partial charge >= 0.3 is 0 Å². The standard InChI is InChI=1S/C24H32N2O3/c1-18-11-13-26(14-12-18)21(20-7-5-4-6-8-20)17-25-24(27)16-19-9-10-22(28-2)23(15-19)29-3/h4-10,15,18,21H,11-14,16-17H2,1-3H3,(H,25,27). The minimum absolute atomic E-state index is 0.0172. The van der Waals surface area contributed by atoms with Gasteiger partial charge in [0.2, 0.25) is 5.91 Å². The van der Waals surface area contributed by atoms with E-state index in [1.54, 1.807) is 14.2 Å². The van der Waals surface area contributed by atoms with Crippen molar-refractivity contribution >= 4 is 5.91 Å². The van der Waals surface area contributed by atoms with Crippen LogP contribution in [0.5, 0.6) is 11.5 Å². The molecule has 5 nitrogen and oxygen atoms in total. The zero-order valence-corrected chi connectivity index (χ0v) is 17.7. The summed E-state index contributed by atoms with van der Waals surface area (Å²) in [5.74, 6) is 2.10. The van der Waals surface area contributed by atoms with E-state index in [0.29, 0.717) is 24.5 Å². The lowest BCUT2D eigenvalue weighted by Crippen LogP contribution is -2.42. The van der Waals surface area contributed by atoms with Crippen LogP contribution in [0.1, 0.15) is 36.9 Å². The fourth-order valence-electron chi connectivity index (χ4n) is 3.92. The summed E-state index contributed by atoms with van der Waals surface area (Å²) in [6.07, 6.45) is 2.74. The van der Waals surface area contributed by atoms with Crippen LogP contribution in [-0.4, -0.2) is 44.7 Å². The molecular formula is C24H32N2O3. The third kappa shape index (κ3) is 5.73. The van der Waals surface area contributed by atoms with E-state index in [-0.39, 0.29) is 11.9 Å². The number of piperidine rings is 1. The van der Waals surface area contributed by atoms with Crippen molar-refractivity contribution < 1.29 is 14.3 Å². The number of hydrogen-bond acceptors (Lipinski definition) is 4. The summed E-state index contributed by atoms with van der Waals surface area (Å²) >= 11 is 0. The normalized spacial score (nSPS) is 16.2. The van der Waals surface area contributed by atoms with E-state index in [0.717, 1.165) is 24.6 Å². The highest BCUT2D eigenvalue weighted by molar-refractivity contribution is 5.78. The summed E-state index contributed by atoms with van der Waals surface area (Å²) in [5.41, 5.74) is 2.16. The number of carbonyl (C=O) groups excluding carboxylic acids is 1. The fraction of sp³-hybridized carbons (Fsp3) is 0.458. The number of likely N-dealkylation sites (tertiary alicyclic amines) is 1. The van der Waals surface area contributed by atoms with E-state index in [1.165, 1.54) is 18.4 Å². The van der Waals surface area contributed by atoms with Crippen LogP contribution in [0.25, 0.3) is 0 Å². The second-order valence-corrected chi connectivity index (χ2v) is 7.82. The maximum Gasteiger partial charge on any atom is 0.224 e. The van der Waals surface area contributed by atoms with Crippen molar-refractivity contribution in [3.8, 4) is 11.5 Å². The first kappa shape index (κ1) is 21.2. The fourth-order valence-corrected chi connectivity index (χ4v) is 3.92. The van der Waals surface area contributed by atoms with Gasteiger partial charge in [-0.2, -0.15) is 0 Å². The maximum absolute atomic E-state index is 12.6. The number of nitrogens with zero attached hydrogens (tertiary/aromatic N) is 1. The Morgan fingerprint density at radius 3 is 2.41 bits per heavy atom. The zero-order chi connectivity index (χ0) is 20.6. The number of ether oxygens (including phenoxy) is 2. The first-order chi connectivity index (χ1) is 14.1. The molecule has 0 aromatic heterocycles. The number of nitrogens with one attached hydrogen (secondary N) is 1. The number of rotatable bonds is 8. The average Bonchev–Trinajstić information content (AvgIpc) is 2.75. The van der Waals surface area contributed by atoms with Gasteiger partial charge in [-0.1, -0.05) is 43.3 Å². The molecule has 0 aliphatic carbocycles. The molecule has 1 fully saturated rings. The highest BCUT2D eigenvalue weighted by atomic mass is 16.5. The molecular weight excluding hydrogens is 364 g/mol. The molecule has 29 heavy (non-hydrogen) atoms. The summed E-state index contributed by atoms with van der Waals surface area (Å²) in [6.45, 7) is 5.09. The van der Waals surface area contributed by atoms with Crippen molar-refractivity contribution in [1.29, 1.82) is 0 Å². The van der Waals surface area contributed by atoms with Gasteiger partial charge < -0.3 is 14.8 Å². The molecule has 5 heteroatoms. The van der Waals surface area contributed by atoms with Gasteiger partial charge in [0.05, 0.1) is 26.7 Å². The maximum atomic E-state index is 12.6. The summed E-state index contributed by atoms with van der Waals surface area (Å²) in [6, 6.07) is 16.3. The Labute approximate surface area is 174 Å². The number of carbonyl (C=O) groups is 1. The number of amides is 1. The van der Waals surface area contributed by atoms with Gasteiger partial charge in [0.15, 0.2) is 11.5 Å². The van der Waals surface area contributed by atoms with E-state index >= 15 is 0 Å². The van der Waals surface area contributed by atoms with E-state index < -0.39 is 0 Å². The predicted molar refractivity (Wildman–Crippen MR) is 115 cm³/mol. The van der Waals surface area contributed by atoms with Gasteiger partial charge in [-0.25, -0.2) is 0 Å². The molecule has 2 aromatic rings. The zero-order valence-electron chi connectivity index (χ0n) is 17.7. The first-order valence-electron chi connectivity index (χ1n) is 10.4. The SMILES string of the molecule is COc1ccc(CC(=O)NCC(c2ccccc2)N2CCC(C)CC2)cc1OC. The van der Waals surface area contributed by atoms with Gasteiger partial charge in [0.25, 0.3) is 0 Å². The lowest BCUT2D eigenvalue weighted by Gasteiger charge is -2.37. The van der Waals surface area contributed by atoms with Crippen LogP contribution in [0, 0.1) is 5.92 Å². The summed E-state index contributed by atoms with van der Waals surface area (Å²) in [5, 5.41) is 3.15. The van der Waals surface area contributed by atoms with Crippen LogP contribution < -0.4 is 14.8 Å².